The molecule has 2 N–H and O–H groups in total. The van der Waals surface area contributed by atoms with Crippen LogP contribution in [0.4, 0.5) is 0 Å². The Bertz CT molecular complexity index is 240. The van der Waals surface area contributed by atoms with E-state index < -0.39 is 0 Å². The first-order chi connectivity index (χ1) is 9.22. The smallest absolute Gasteiger partial charge is 0.00993 e. The Morgan fingerprint density at radius 3 is 2.21 bits per heavy atom. The Hall–Kier alpha value is -0.0800. The van der Waals surface area contributed by atoms with E-state index in [4.69, 9.17) is 5.73 Å². The van der Waals surface area contributed by atoms with Crippen molar-refractivity contribution in [1.82, 2.24) is 4.90 Å². The predicted octanol–water partition coefficient (Wildman–Crippen LogP) is 3.94. The summed E-state index contributed by atoms with van der Waals surface area (Å²) in [6, 6.07) is 2.08. The quantitative estimate of drug-likeness (QED) is 0.816. The van der Waals surface area contributed by atoms with Crippen molar-refractivity contribution >= 4 is 0 Å². The molecule has 2 nitrogen and oxygen atoms in total. The van der Waals surface area contributed by atoms with Gasteiger partial charge in [-0.15, -0.1) is 0 Å². The van der Waals surface area contributed by atoms with Crippen molar-refractivity contribution in [1.29, 1.82) is 0 Å². The van der Waals surface area contributed by atoms with Crippen LogP contribution in [0.5, 0.6) is 0 Å². The zero-order valence-electron chi connectivity index (χ0n) is 13.1. The highest BCUT2D eigenvalue weighted by Gasteiger charge is 2.31. The first-order valence-corrected chi connectivity index (χ1v) is 8.73. The fourth-order valence-corrected chi connectivity index (χ4v) is 4.30. The standard InChI is InChI=1S/C17H34N2/c1-3-13-19(17-11-9-16(18)10-12-17)14(2)15-7-5-4-6-8-15/h14-17H,3-13,18H2,1-2H3. The molecule has 0 radical (unpaired) electrons. The Labute approximate surface area is 120 Å². The number of nitrogens with zero attached hydrogens (tertiary/aromatic N) is 1. The van der Waals surface area contributed by atoms with Crippen LogP contribution in [0.3, 0.4) is 0 Å². The van der Waals surface area contributed by atoms with Crippen LogP contribution in [0.1, 0.15) is 78.1 Å². The number of rotatable bonds is 5. The van der Waals surface area contributed by atoms with Crippen molar-refractivity contribution in [3.63, 3.8) is 0 Å². The van der Waals surface area contributed by atoms with Crippen LogP contribution < -0.4 is 5.73 Å². The van der Waals surface area contributed by atoms with Crippen molar-refractivity contribution < 1.29 is 0 Å². The summed E-state index contributed by atoms with van der Waals surface area (Å²) in [5.41, 5.74) is 6.07. The molecular formula is C17H34N2. The predicted molar refractivity (Wildman–Crippen MR) is 83.3 cm³/mol. The Morgan fingerprint density at radius 2 is 1.63 bits per heavy atom. The van der Waals surface area contributed by atoms with E-state index in [2.05, 4.69) is 18.7 Å². The molecule has 0 heterocycles. The summed E-state index contributed by atoms with van der Waals surface area (Å²) in [5.74, 6) is 0.955. The minimum atomic E-state index is 0.477. The maximum Gasteiger partial charge on any atom is 0.00993 e. The maximum atomic E-state index is 6.07. The normalized spacial score (nSPS) is 31.6. The van der Waals surface area contributed by atoms with Crippen LogP contribution in [-0.2, 0) is 0 Å². The van der Waals surface area contributed by atoms with E-state index in [-0.39, 0.29) is 0 Å². The summed E-state index contributed by atoms with van der Waals surface area (Å²) in [6.45, 7) is 6.12. The first-order valence-electron chi connectivity index (χ1n) is 8.73. The monoisotopic (exact) mass is 266 g/mol. The average molecular weight is 266 g/mol. The molecule has 0 aliphatic heterocycles. The molecule has 2 saturated carbocycles. The molecular weight excluding hydrogens is 232 g/mol. The minimum absolute atomic E-state index is 0.477. The molecule has 19 heavy (non-hydrogen) atoms. The molecule has 0 amide bonds. The molecule has 112 valence electrons. The van der Waals surface area contributed by atoms with Crippen LogP contribution >= 0.6 is 0 Å². The molecule has 0 saturated heterocycles. The van der Waals surface area contributed by atoms with Crippen LogP contribution in [0.15, 0.2) is 0 Å². The molecule has 2 aliphatic carbocycles. The van der Waals surface area contributed by atoms with Crippen LogP contribution in [0, 0.1) is 5.92 Å². The van der Waals surface area contributed by atoms with Gasteiger partial charge >= 0.3 is 0 Å². The van der Waals surface area contributed by atoms with E-state index >= 15 is 0 Å². The van der Waals surface area contributed by atoms with Gasteiger partial charge in [-0.05, 0) is 64.3 Å². The summed E-state index contributed by atoms with van der Waals surface area (Å²) in [7, 11) is 0. The van der Waals surface area contributed by atoms with Crippen molar-refractivity contribution in [3.8, 4) is 0 Å². The highest BCUT2D eigenvalue weighted by Crippen LogP contribution is 2.32. The zero-order valence-corrected chi connectivity index (χ0v) is 13.1. The van der Waals surface area contributed by atoms with Gasteiger partial charge < -0.3 is 5.73 Å². The third-order valence-corrected chi connectivity index (χ3v) is 5.55. The molecule has 0 aromatic carbocycles. The lowest BCUT2D eigenvalue weighted by atomic mass is 9.82. The number of nitrogens with two attached hydrogens (primary N) is 1. The second-order valence-corrected chi connectivity index (χ2v) is 6.95. The van der Waals surface area contributed by atoms with Gasteiger partial charge in [0.1, 0.15) is 0 Å². The molecule has 1 atom stereocenters. The molecule has 0 bridgehead atoms. The van der Waals surface area contributed by atoms with Gasteiger partial charge in [-0.1, -0.05) is 26.2 Å². The third kappa shape index (κ3) is 4.19. The lowest BCUT2D eigenvalue weighted by molar-refractivity contribution is 0.0633. The van der Waals surface area contributed by atoms with E-state index in [1.807, 2.05) is 0 Å². The van der Waals surface area contributed by atoms with E-state index in [1.165, 1.54) is 70.8 Å². The van der Waals surface area contributed by atoms with E-state index in [1.54, 1.807) is 0 Å². The fraction of sp³-hybridized carbons (Fsp3) is 1.00. The van der Waals surface area contributed by atoms with Gasteiger partial charge in [0.05, 0.1) is 0 Å². The van der Waals surface area contributed by atoms with Gasteiger partial charge in [-0.25, -0.2) is 0 Å². The van der Waals surface area contributed by atoms with Gasteiger partial charge in [0.25, 0.3) is 0 Å². The molecule has 0 aromatic heterocycles. The molecule has 0 aromatic rings. The molecule has 1 unspecified atom stereocenters. The molecule has 0 spiro atoms. The van der Waals surface area contributed by atoms with E-state index in [9.17, 15) is 0 Å². The van der Waals surface area contributed by atoms with Gasteiger partial charge in [0.2, 0.25) is 0 Å². The van der Waals surface area contributed by atoms with Gasteiger partial charge in [-0.2, -0.15) is 0 Å². The summed E-state index contributed by atoms with van der Waals surface area (Å²) in [4.78, 5) is 2.85. The highest BCUT2D eigenvalue weighted by molar-refractivity contribution is 4.86. The maximum absolute atomic E-state index is 6.07. The topological polar surface area (TPSA) is 29.3 Å². The molecule has 2 aliphatic rings. The van der Waals surface area contributed by atoms with E-state index in [0.29, 0.717) is 6.04 Å². The second kappa shape index (κ2) is 7.64. The molecule has 2 heteroatoms. The lowest BCUT2D eigenvalue weighted by Gasteiger charge is -2.43. The van der Waals surface area contributed by atoms with Crippen LogP contribution in [0.2, 0.25) is 0 Å². The van der Waals surface area contributed by atoms with Crippen molar-refractivity contribution in [2.45, 2.75) is 96.2 Å². The number of hydrogen-bond acceptors (Lipinski definition) is 2. The largest absolute Gasteiger partial charge is 0.328 e. The van der Waals surface area contributed by atoms with Crippen LogP contribution in [-0.4, -0.2) is 29.6 Å². The van der Waals surface area contributed by atoms with Crippen molar-refractivity contribution in [3.05, 3.63) is 0 Å². The Morgan fingerprint density at radius 1 is 1.00 bits per heavy atom. The van der Waals surface area contributed by atoms with Crippen molar-refractivity contribution in [2.75, 3.05) is 6.54 Å². The zero-order chi connectivity index (χ0) is 13.7. The van der Waals surface area contributed by atoms with Crippen molar-refractivity contribution in [2.24, 2.45) is 11.7 Å². The summed E-state index contributed by atoms with van der Waals surface area (Å²) in [6.07, 6.45) is 13.8. The third-order valence-electron chi connectivity index (χ3n) is 5.55. The molecule has 2 rings (SSSR count). The lowest BCUT2D eigenvalue weighted by Crippen LogP contribution is -2.48. The fourth-order valence-electron chi connectivity index (χ4n) is 4.30. The van der Waals surface area contributed by atoms with Crippen LogP contribution in [0.25, 0.3) is 0 Å². The SMILES string of the molecule is CCCN(C1CCC(N)CC1)C(C)C1CCCCC1. The second-order valence-electron chi connectivity index (χ2n) is 6.95. The van der Waals surface area contributed by atoms with E-state index in [0.717, 1.165) is 18.0 Å². The summed E-state index contributed by atoms with van der Waals surface area (Å²) >= 11 is 0. The van der Waals surface area contributed by atoms with Gasteiger partial charge in [0.15, 0.2) is 0 Å². The summed E-state index contributed by atoms with van der Waals surface area (Å²) in [5, 5.41) is 0. The number of hydrogen-bond donors (Lipinski definition) is 1. The average Bonchev–Trinajstić information content (AvgIpc) is 2.46. The van der Waals surface area contributed by atoms with Gasteiger partial charge in [-0.3, -0.25) is 4.90 Å². The molecule has 2 fully saturated rings. The minimum Gasteiger partial charge on any atom is -0.328 e. The summed E-state index contributed by atoms with van der Waals surface area (Å²) < 4.78 is 0. The Balaban J connectivity index is 1.93. The first kappa shape index (κ1) is 15.3. The van der Waals surface area contributed by atoms with Gasteiger partial charge in [0, 0.05) is 18.1 Å². The highest BCUT2D eigenvalue weighted by atomic mass is 15.2. The Kier molecular flexibility index (Phi) is 6.15.